The molecule has 2 rings (SSSR count). The van der Waals surface area contributed by atoms with Crippen LogP contribution in [0.25, 0.3) is 0 Å². The number of rotatable bonds is 3. The second-order valence-electron chi connectivity index (χ2n) is 4.25. The van der Waals surface area contributed by atoms with Gasteiger partial charge in [0.15, 0.2) is 0 Å². The average molecular weight is 422 g/mol. The number of hydrogen-bond acceptors (Lipinski definition) is 3. The van der Waals surface area contributed by atoms with Crippen molar-refractivity contribution in [2.75, 3.05) is 0 Å². The maximum Gasteiger partial charge on any atom is 0.271 e. The number of hydrogen-bond donors (Lipinski definition) is 2. The lowest BCUT2D eigenvalue weighted by molar-refractivity contribution is 0.0955. The molecule has 4 nitrogen and oxygen atoms in total. The van der Waals surface area contributed by atoms with Crippen LogP contribution in [0.15, 0.2) is 50.4 Å². The van der Waals surface area contributed by atoms with Crippen LogP contribution < -0.4 is 5.43 Å². The number of phenolic OH excluding ortho intramolecular Hbond substituents is 1. The fourth-order valence-electron chi connectivity index (χ4n) is 1.60. The third-order valence-corrected chi connectivity index (χ3v) is 4.63. The van der Waals surface area contributed by atoms with Crippen molar-refractivity contribution >= 4 is 44.0 Å². The van der Waals surface area contributed by atoms with Crippen LogP contribution in [0.3, 0.4) is 0 Å². The molecule has 0 aliphatic heterocycles. The van der Waals surface area contributed by atoms with E-state index in [4.69, 9.17) is 6.42 Å². The molecule has 0 fully saturated rings. The molecule has 2 aromatic rings. The van der Waals surface area contributed by atoms with Gasteiger partial charge in [0.2, 0.25) is 0 Å². The SMILES string of the molecule is C#Cc1ccc(/C=N/NC(=O)c2ccc(Br)c(Br)c2)c(O)c1. The lowest BCUT2D eigenvalue weighted by Gasteiger charge is -2.02. The van der Waals surface area contributed by atoms with Crippen molar-refractivity contribution in [3.63, 3.8) is 0 Å². The summed E-state index contributed by atoms with van der Waals surface area (Å²) in [5.41, 5.74) is 3.87. The maximum atomic E-state index is 11.9. The molecular formula is C16H10Br2N2O2. The number of nitrogens with one attached hydrogen (secondary N) is 1. The minimum Gasteiger partial charge on any atom is -0.507 e. The van der Waals surface area contributed by atoms with Crippen LogP contribution in [0, 0.1) is 12.3 Å². The lowest BCUT2D eigenvalue weighted by atomic mass is 10.1. The van der Waals surface area contributed by atoms with Crippen molar-refractivity contribution in [2.24, 2.45) is 5.10 Å². The molecule has 0 heterocycles. The van der Waals surface area contributed by atoms with Gasteiger partial charge in [-0.1, -0.05) is 5.92 Å². The molecule has 0 saturated heterocycles. The van der Waals surface area contributed by atoms with Crippen molar-refractivity contribution < 1.29 is 9.90 Å². The number of phenols is 1. The zero-order valence-electron chi connectivity index (χ0n) is 11.2. The molecule has 1 amide bonds. The molecule has 2 aromatic carbocycles. The number of benzene rings is 2. The third kappa shape index (κ3) is 3.97. The molecule has 0 spiro atoms. The minimum absolute atomic E-state index is 0.000153. The Hall–Kier alpha value is -2.10. The molecule has 2 N–H and O–H groups in total. The zero-order chi connectivity index (χ0) is 16.1. The summed E-state index contributed by atoms with van der Waals surface area (Å²) in [5.74, 6) is 2.06. The minimum atomic E-state index is -0.357. The van der Waals surface area contributed by atoms with E-state index in [1.54, 1.807) is 30.3 Å². The summed E-state index contributed by atoms with van der Waals surface area (Å²) in [7, 11) is 0. The molecule has 0 atom stereocenters. The maximum absolute atomic E-state index is 11.9. The first kappa shape index (κ1) is 16.3. The van der Waals surface area contributed by atoms with E-state index in [0.717, 1.165) is 8.95 Å². The topological polar surface area (TPSA) is 61.7 Å². The van der Waals surface area contributed by atoms with Crippen molar-refractivity contribution in [1.82, 2.24) is 5.43 Å². The normalized spacial score (nSPS) is 10.4. The van der Waals surface area contributed by atoms with Gasteiger partial charge in [0, 0.05) is 25.6 Å². The largest absolute Gasteiger partial charge is 0.507 e. The molecule has 0 radical (unpaired) electrons. The van der Waals surface area contributed by atoms with Gasteiger partial charge in [-0.05, 0) is 68.3 Å². The predicted molar refractivity (Wildman–Crippen MR) is 92.9 cm³/mol. The number of terminal acetylenes is 1. The Balaban J connectivity index is 2.07. The number of carbonyl (C=O) groups excluding carboxylic acids is 1. The molecule has 22 heavy (non-hydrogen) atoms. The predicted octanol–water partition coefficient (Wildman–Crippen LogP) is 3.66. The zero-order valence-corrected chi connectivity index (χ0v) is 14.3. The first-order chi connectivity index (χ1) is 10.5. The molecule has 0 unspecified atom stereocenters. The Morgan fingerprint density at radius 3 is 2.64 bits per heavy atom. The number of hydrazone groups is 1. The van der Waals surface area contributed by atoms with E-state index >= 15 is 0 Å². The van der Waals surface area contributed by atoms with E-state index in [9.17, 15) is 9.90 Å². The highest BCUT2D eigenvalue weighted by Gasteiger charge is 2.06. The molecule has 6 heteroatoms. The smallest absolute Gasteiger partial charge is 0.271 e. The number of amides is 1. The van der Waals surface area contributed by atoms with Crippen LogP contribution in [0.1, 0.15) is 21.5 Å². The van der Waals surface area contributed by atoms with Crippen molar-refractivity contribution in [3.8, 4) is 18.1 Å². The van der Waals surface area contributed by atoms with Crippen LogP contribution in [0.2, 0.25) is 0 Å². The Kier molecular flexibility index (Phi) is 5.36. The van der Waals surface area contributed by atoms with Crippen LogP contribution >= 0.6 is 31.9 Å². The van der Waals surface area contributed by atoms with Gasteiger partial charge < -0.3 is 5.11 Å². The van der Waals surface area contributed by atoms with Crippen molar-refractivity contribution in [1.29, 1.82) is 0 Å². The monoisotopic (exact) mass is 420 g/mol. The molecular weight excluding hydrogens is 412 g/mol. The Morgan fingerprint density at radius 1 is 1.23 bits per heavy atom. The number of carbonyl (C=O) groups is 1. The fraction of sp³-hybridized carbons (Fsp3) is 0. The summed E-state index contributed by atoms with van der Waals surface area (Å²) >= 11 is 6.66. The van der Waals surface area contributed by atoms with Gasteiger partial charge in [-0.15, -0.1) is 6.42 Å². The van der Waals surface area contributed by atoms with Gasteiger partial charge in [-0.3, -0.25) is 4.79 Å². The van der Waals surface area contributed by atoms with Crippen LogP contribution in [-0.4, -0.2) is 17.2 Å². The Morgan fingerprint density at radius 2 is 2.00 bits per heavy atom. The highest BCUT2D eigenvalue weighted by Crippen LogP contribution is 2.23. The summed E-state index contributed by atoms with van der Waals surface area (Å²) in [5, 5.41) is 13.6. The summed E-state index contributed by atoms with van der Waals surface area (Å²) in [4.78, 5) is 11.9. The van der Waals surface area contributed by atoms with Gasteiger partial charge in [-0.2, -0.15) is 5.10 Å². The molecule has 0 bridgehead atoms. The second kappa shape index (κ2) is 7.25. The average Bonchev–Trinajstić information content (AvgIpc) is 2.51. The van der Waals surface area contributed by atoms with E-state index in [1.807, 2.05) is 0 Å². The van der Waals surface area contributed by atoms with E-state index in [0.29, 0.717) is 16.7 Å². The van der Waals surface area contributed by atoms with Gasteiger partial charge in [-0.25, -0.2) is 5.43 Å². The first-order valence-corrected chi connectivity index (χ1v) is 7.68. The Labute approximate surface area is 144 Å². The van der Waals surface area contributed by atoms with Crippen LogP contribution in [-0.2, 0) is 0 Å². The molecule has 0 aliphatic carbocycles. The third-order valence-electron chi connectivity index (χ3n) is 2.75. The van der Waals surface area contributed by atoms with E-state index < -0.39 is 0 Å². The van der Waals surface area contributed by atoms with E-state index in [2.05, 4.69) is 48.3 Å². The number of aromatic hydroxyl groups is 1. The molecule has 0 saturated carbocycles. The molecule has 0 aromatic heterocycles. The van der Waals surface area contributed by atoms with Crippen LogP contribution in [0.5, 0.6) is 5.75 Å². The van der Waals surface area contributed by atoms with E-state index in [-0.39, 0.29) is 11.7 Å². The standard InChI is InChI=1S/C16H10Br2N2O2/c1-2-10-3-4-12(15(21)7-10)9-19-20-16(22)11-5-6-13(17)14(18)8-11/h1,3-9,21H,(H,20,22)/b19-9+. The van der Waals surface area contributed by atoms with Crippen molar-refractivity contribution in [2.45, 2.75) is 0 Å². The molecule has 0 aliphatic rings. The summed E-state index contributed by atoms with van der Waals surface area (Å²) in [6.07, 6.45) is 6.59. The number of halogens is 2. The summed E-state index contributed by atoms with van der Waals surface area (Å²) in [6.45, 7) is 0. The first-order valence-electron chi connectivity index (χ1n) is 6.09. The fourth-order valence-corrected chi connectivity index (χ4v) is 2.23. The van der Waals surface area contributed by atoms with E-state index in [1.165, 1.54) is 12.3 Å². The summed E-state index contributed by atoms with van der Waals surface area (Å²) < 4.78 is 1.62. The summed E-state index contributed by atoms with van der Waals surface area (Å²) in [6, 6.07) is 9.85. The number of nitrogens with zero attached hydrogens (tertiary/aromatic N) is 1. The highest BCUT2D eigenvalue weighted by molar-refractivity contribution is 9.13. The van der Waals surface area contributed by atoms with Crippen LogP contribution in [0.4, 0.5) is 0 Å². The lowest BCUT2D eigenvalue weighted by Crippen LogP contribution is -2.17. The quantitative estimate of drug-likeness (QED) is 0.451. The highest BCUT2D eigenvalue weighted by atomic mass is 79.9. The van der Waals surface area contributed by atoms with Crippen molar-refractivity contribution in [3.05, 3.63) is 62.0 Å². The van der Waals surface area contributed by atoms with Gasteiger partial charge in [0.1, 0.15) is 5.75 Å². The Bertz CT molecular complexity index is 795. The van der Waals surface area contributed by atoms with Gasteiger partial charge >= 0.3 is 0 Å². The van der Waals surface area contributed by atoms with Gasteiger partial charge in [0.05, 0.1) is 6.21 Å². The second-order valence-corrected chi connectivity index (χ2v) is 5.95. The molecule has 110 valence electrons. The van der Waals surface area contributed by atoms with Gasteiger partial charge in [0.25, 0.3) is 5.91 Å².